The van der Waals surface area contributed by atoms with Gasteiger partial charge in [0.15, 0.2) is 0 Å². The van der Waals surface area contributed by atoms with E-state index >= 15 is 0 Å². The number of hydrogen-bond donors (Lipinski definition) is 1. The van der Waals surface area contributed by atoms with Gasteiger partial charge in [-0.3, -0.25) is 0 Å². The highest BCUT2D eigenvalue weighted by atomic mass is 127. The van der Waals surface area contributed by atoms with Crippen LogP contribution in [0.5, 0.6) is 5.75 Å². The first-order valence-corrected chi connectivity index (χ1v) is 6.52. The van der Waals surface area contributed by atoms with Gasteiger partial charge in [-0.15, -0.1) is 0 Å². The topological polar surface area (TPSA) is 35.2 Å². The van der Waals surface area contributed by atoms with Gasteiger partial charge in [-0.2, -0.15) is 0 Å². The maximum atomic E-state index is 5.67. The summed E-state index contributed by atoms with van der Waals surface area (Å²) in [6.07, 6.45) is 0. The molecule has 1 aromatic rings. The zero-order chi connectivity index (χ0) is 8.81. The molecule has 0 aliphatic carbocycles. The van der Waals surface area contributed by atoms with Gasteiger partial charge in [0.25, 0.3) is 0 Å². The smallest absolute Gasteiger partial charge is 0.150 e. The number of rotatable bonds is 3. The lowest BCUT2D eigenvalue weighted by molar-refractivity contribution is 0.590. The van der Waals surface area contributed by atoms with E-state index in [0.717, 1.165) is 5.75 Å². The molecule has 0 amide bonds. The Morgan fingerprint density at radius 3 is 2.92 bits per heavy atom. The van der Waals surface area contributed by atoms with Crippen molar-refractivity contribution in [3.63, 3.8) is 0 Å². The highest BCUT2D eigenvalue weighted by molar-refractivity contribution is 14.2. The second kappa shape index (κ2) is 5.13. The van der Waals surface area contributed by atoms with Gasteiger partial charge < -0.3 is 10.5 Å². The predicted octanol–water partition coefficient (Wildman–Crippen LogP) is 2.40. The van der Waals surface area contributed by atoms with Gasteiger partial charge in [0.1, 0.15) is 9.95 Å². The van der Waals surface area contributed by atoms with Crippen LogP contribution in [0.2, 0.25) is 0 Å². The van der Waals surface area contributed by atoms with Crippen LogP contribution in [-0.4, -0.2) is 8.63 Å². The van der Waals surface area contributed by atoms with Gasteiger partial charge in [0.05, 0.1) is 5.69 Å². The van der Waals surface area contributed by atoms with E-state index in [1.807, 2.05) is 28.5 Å². The molecule has 1 aromatic carbocycles. The summed E-state index contributed by atoms with van der Waals surface area (Å²) in [5, 5.41) is 0. The summed E-state index contributed by atoms with van der Waals surface area (Å²) < 4.78 is 8.47. The van der Waals surface area contributed by atoms with Crippen molar-refractivity contribution in [1.29, 1.82) is 0 Å². The molecule has 1 rings (SSSR count). The van der Waals surface area contributed by atoms with E-state index in [1.165, 1.54) is 4.43 Å². The predicted molar refractivity (Wildman–Crippen MR) is 62.1 cm³/mol. The Hall–Kier alpha value is -0.580. The van der Waals surface area contributed by atoms with Gasteiger partial charge in [0, 0.05) is 0 Å². The molecule has 0 radical (unpaired) electrons. The molecule has 2 N–H and O–H groups in total. The number of anilines is 1. The molecule has 0 heterocycles. The molecule has 0 aromatic heterocycles. The molecule has 0 saturated heterocycles. The van der Waals surface area contributed by atoms with Crippen LogP contribution < -0.4 is 10.5 Å². The fourth-order valence-corrected chi connectivity index (χ4v) is 1.54. The molecule has 0 bridgehead atoms. The summed E-state index contributed by atoms with van der Waals surface area (Å²) >= 11 is 0.0866. The summed E-state index contributed by atoms with van der Waals surface area (Å²) in [4.78, 5) is 0. The molecule has 0 spiro atoms. The second-order valence-electron chi connectivity index (χ2n) is 2.17. The van der Waals surface area contributed by atoms with E-state index in [9.17, 15) is 0 Å². The van der Waals surface area contributed by atoms with Crippen LogP contribution in [0, 0.1) is 0 Å². The Bertz CT molecular complexity index is 273. The Morgan fingerprint density at radius 2 is 2.25 bits per heavy atom. The van der Waals surface area contributed by atoms with E-state index in [-0.39, 0.29) is 20.7 Å². The van der Waals surface area contributed by atoms with Crippen molar-refractivity contribution in [2.45, 2.75) is 6.92 Å². The first-order chi connectivity index (χ1) is 5.84. The maximum Gasteiger partial charge on any atom is 0.150 e. The van der Waals surface area contributed by atoms with Gasteiger partial charge in [-0.05, 0) is 16.6 Å². The fourth-order valence-electron chi connectivity index (χ4n) is 0.730. The number of nitrogen functional groups attached to an aromatic ring is 1. The number of benzene rings is 1. The third-order valence-corrected chi connectivity index (χ3v) is 2.80. The standard InChI is InChI=1S/C9H12INO/c1-2-10-7-12-9-6-4-3-5-8(9)11/h3-7H,2,11H2,1H3. The molecule has 2 nitrogen and oxygen atoms in total. The van der Waals surface area contributed by atoms with E-state index in [2.05, 4.69) is 6.92 Å². The van der Waals surface area contributed by atoms with Crippen molar-refractivity contribution in [3.8, 4) is 5.75 Å². The molecule has 66 valence electrons. The van der Waals surface area contributed by atoms with Crippen molar-refractivity contribution >= 4 is 30.6 Å². The van der Waals surface area contributed by atoms with Crippen molar-refractivity contribution in [2.24, 2.45) is 0 Å². The SMILES string of the molecule is CCI=COc1ccccc1N. The largest absolute Gasteiger partial charge is 0.457 e. The lowest BCUT2D eigenvalue weighted by Crippen LogP contribution is -1.93. The Labute approximate surface area is 82.5 Å². The summed E-state index contributed by atoms with van der Waals surface area (Å²) in [5.41, 5.74) is 6.37. The fraction of sp³-hybridized carbons (Fsp3) is 0.222. The van der Waals surface area contributed by atoms with Crippen LogP contribution in [0.15, 0.2) is 24.3 Å². The van der Waals surface area contributed by atoms with Gasteiger partial charge in [-0.25, -0.2) is 0 Å². The van der Waals surface area contributed by atoms with Crippen LogP contribution >= 0.6 is 20.7 Å². The first-order valence-electron chi connectivity index (χ1n) is 3.75. The van der Waals surface area contributed by atoms with E-state index in [1.54, 1.807) is 0 Å². The first kappa shape index (κ1) is 9.51. The van der Waals surface area contributed by atoms with Crippen molar-refractivity contribution in [1.82, 2.24) is 0 Å². The van der Waals surface area contributed by atoms with Gasteiger partial charge in [-0.1, -0.05) is 39.8 Å². The number of alkyl halides is 1. The van der Waals surface area contributed by atoms with Gasteiger partial charge >= 0.3 is 0 Å². The molecule has 0 saturated carbocycles. The summed E-state index contributed by atoms with van der Waals surface area (Å²) in [6, 6.07) is 7.54. The molecular weight excluding hydrogens is 265 g/mol. The van der Waals surface area contributed by atoms with E-state index < -0.39 is 0 Å². The van der Waals surface area contributed by atoms with Crippen LogP contribution in [0.1, 0.15) is 6.92 Å². The lowest BCUT2D eigenvalue weighted by Gasteiger charge is -2.01. The average molecular weight is 277 g/mol. The maximum absolute atomic E-state index is 5.67. The minimum Gasteiger partial charge on any atom is -0.457 e. The number of hydrogen-bond acceptors (Lipinski definition) is 2. The van der Waals surface area contributed by atoms with Crippen molar-refractivity contribution < 1.29 is 4.74 Å². The molecule has 0 atom stereocenters. The van der Waals surface area contributed by atoms with Crippen LogP contribution in [-0.2, 0) is 0 Å². The quantitative estimate of drug-likeness (QED) is 0.523. The highest BCUT2D eigenvalue weighted by Gasteiger charge is 1.94. The number of halogens is 1. The summed E-state index contributed by atoms with van der Waals surface area (Å²) in [6.45, 7) is 2.15. The molecule has 3 heteroatoms. The molecule has 0 unspecified atom stereocenters. The lowest BCUT2D eigenvalue weighted by atomic mass is 10.3. The van der Waals surface area contributed by atoms with Crippen molar-refractivity contribution in [2.75, 3.05) is 10.2 Å². The molecule has 0 aliphatic heterocycles. The van der Waals surface area contributed by atoms with Crippen LogP contribution in [0.3, 0.4) is 0 Å². The normalized spacial score (nSPS) is 11.1. The average Bonchev–Trinajstić information content (AvgIpc) is 2.09. The van der Waals surface area contributed by atoms with Crippen LogP contribution in [0.4, 0.5) is 5.69 Å². The molecule has 0 fully saturated rings. The van der Waals surface area contributed by atoms with Crippen LogP contribution in [0.25, 0.3) is 0 Å². The zero-order valence-corrected chi connectivity index (χ0v) is 9.11. The number of nitrogens with two attached hydrogens (primary N) is 1. The number of para-hydroxylation sites is 2. The van der Waals surface area contributed by atoms with E-state index in [0.29, 0.717) is 5.69 Å². The zero-order valence-electron chi connectivity index (χ0n) is 6.96. The molecule has 12 heavy (non-hydrogen) atoms. The van der Waals surface area contributed by atoms with Gasteiger partial charge in [0.2, 0.25) is 0 Å². The minimum atomic E-state index is 0.0866. The second-order valence-corrected chi connectivity index (χ2v) is 5.08. The monoisotopic (exact) mass is 277 g/mol. The third-order valence-electron chi connectivity index (χ3n) is 1.31. The Morgan fingerprint density at radius 1 is 1.50 bits per heavy atom. The Kier molecular flexibility index (Phi) is 4.07. The Balaban J connectivity index is 2.63. The van der Waals surface area contributed by atoms with Crippen molar-refractivity contribution in [3.05, 3.63) is 24.3 Å². The highest BCUT2D eigenvalue weighted by Crippen LogP contribution is 2.19. The summed E-state index contributed by atoms with van der Waals surface area (Å²) in [5.74, 6) is 0.769. The van der Waals surface area contributed by atoms with E-state index in [4.69, 9.17) is 10.5 Å². The number of ether oxygens (including phenoxy) is 1. The molecule has 0 aliphatic rings. The molecular formula is C9H12INO. The summed E-state index contributed by atoms with van der Waals surface area (Å²) in [7, 11) is 0. The minimum absolute atomic E-state index is 0.0866. The third kappa shape index (κ3) is 2.81.